The Kier molecular flexibility index (Phi) is 4.33. The average Bonchev–Trinajstić information content (AvgIpc) is 2.56. The molecule has 21 heavy (non-hydrogen) atoms. The summed E-state index contributed by atoms with van der Waals surface area (Å²) in [6.45, 7) is 0. The van der Waals surface area contributed by atoms with Crippen LogP contribution in [0.3, 0.4) is 0 Å². The van der Waals surface area contributed by atoms with E-state index in [1.807, 2.05) is 42.5 Å². The maximum atomic E-state index is 6.27. The van der Waals surface area contributed by atoms with E-state index in [9.17, 15) is 0 Å². The molecule has 0 amide bonds. The van der Waals surface area contributed by atoms with Gasteiger partial charge in [0.05, 0.1) is 0 Å². The van der Waals surface area contributed by atoms with E-state index >= 15 is 0 Å². The summed E-state index contributed by atoms with van der Waals surface area (Å²) >= 11 is 0.647. The van der Waals surface area contributed by atoms with Crippen LogP contribution in [-0.2, 0) is 15.3 Å². The van der Waals surface area contributed by atoms with Crippen molar-refractivity contribution in [2.75, 3.05) is 14.2 Å². The first-order chi connectivity index (χ1) is 10.2. The fourth-order valence-corrected chi connectivity index (χ4v) is 5.87. The molecular formula is C17H17O3Tl. The van der Waals surface area contributed by atoms with Crippen molar-refractivity contribution in [3.8, 4) is 5.75 Å². The summed E-state index contributed by atoms with van der Waals surface area (Å²) in [5, 5.41) is 0. The molecule has 2 atom stereocenters. The van der Waals surface area contributed by atoms with Gasteiger partial charge in [-0.25, -0.2) is 0 Å². The summed E-state index contributed by atoms with van der Waals surface area (Å²) in [5.74, 6) is 0.118. The van der Waals surface area contributed by atoms with Gasteiger partial charge in [0.15, 0.2) is 0 Å². The van der Waals surface area contributed by atoms with Crippen LogP contribution >= 0.6 is 0 Å². The van der Waals surface area contributed by atoms with Gasteiger partial charge >= 0.3 is 141 Å². The Morgan fingerprint density at radius 1 is 0.952 bits per heavy atom. The van der Waals surface area contributed by atoms with Crippen molar-refractivity contribution in [2.45, 2.75) is 15.4 Å². The summed E-state index contributed by atoms with van der Waals surface area (Å²) < 4.78 is 18.2. The van der Waals surface area contributed by atoms with Gasteiger partial charge < -0.3 is 0 Å². The molecule has 0 saturated carbocycles. The van der Waals surface area contributed by atoms with E-state index in [0.29, 0.717) is 25.8 Å². The molecule has 0 aliphatic carbocycles. The van der Waals surface area contributed by atoms with Gasteiger partial charge in [0.1, 0.15) is 0 Å². The van der Waals surface area contributed by atoms with Crippen LogP contribution in [0.1, 0.15) is 17.2 Å². The number of hydrogen-bond donors (Lipinski definition) is 0. The van der Waals surface area contributed by atoms with E-state index in [2.05, 4.69) is 12.1 Å². The molecule has 106 valence electrons. The van der Waals surface area contributed by atoms with Crippen LogP contribution in [0.5, 0.6) is 5.75 Å². The average molecular weight is 474 g/mol. The first-order valence-electron chi connectivity index (χ1n) is 6.90. The van der Waals surface area contributed by atoms with Crippen LogP contribution in [0.4, 0.5) is 0 Å². The van der Waals surface area contributed by atoms with Gasteiger partial charge in [-0.3, -0.25) is 0 Å². The van der Waals surface area contributed by atoms with Crippen molar-refractivity contribution >= 4 is 25.8 Å². The number of methoxy groups -OCH3 is 2. The fourth-order valence-electron chi connectivity index (χ4n) is 2.94. The predicted molar refractivity (Wildman–Crippen MR) is 81.5 cm³/mol. The monoisotopic (exact) mass is 474 g/mol. The van der Waals surface area contributed by atoms with Gasteiger partial charge in [-0.1, -0.05) is 0 Å². The van der Waals surface area contributed by atoms with Gasteiger partial charge in [-0.05, 0) is 0 Å². The van der Waals surface area contributed by atoms with Crippen molar-refractivity contribution in [3.05, 3.63) is 65.7 Å². The maximum absolute atomic E-state index is 6.27. The van der Waals surface area contributed by atoms with E-state index in [-0.39, 0.29) is 9.58 Å². The van der Waals surface area contributed by atoms with Crippen LogP contribution in [0.25, 0.3) is 0 Å². The van der Waals surface area contributed by atoms with E-state index < -0.39 is 5.79 Å². The molecule has 1 heterocycles. The second kappa shape index (κ2) is 6.06. The van der Waals surface area contributed by atoms with Gasteiger partial charge in [0.25, 0.3) is 0 Å². The first kappa shape index (κ1) is 15.0. The molecule has 0 N–H and O–H groups in total. The Balaban J connectivity index is 2.13. The number of fused-ring (bicyclic) bond motifs is 1. The third-order valence-electron chi connectivity index (χ3n) is 4.02. The summed E-state index contributed by atoms with van der Waals surface area (Å²) in [5.41, 5.74) is 2.15. The second-order valence-electron chi connectivity index (χ2n) is 5.05. The molecule has 0 radical (unpaired) electrons. The molecule has 0 fully saturated rings. The van der Waals surface area contributed by atoms with E-state index in [1.165, 1.54) is 0 Å². The van der Waals surface area contributed by atoms with Crippen molar-refractivity contribution in [2.24, 2.45) is 0 Å². The summed E-state index contributed by atoms with van der Waals surface area (Å²) in [7, 11) is 3.42. The number of hydrogen-bond acceptors (Lipinski definition) is 3. The normalized spacial score (nSPS) is 23.1. The molecule has 2 aromatic carbocycles. The van der Waals surface area contributed by atoms with Crippen molar-refractivity contribution in [1.82, 2.24) is 0 Å². The molecule has 2 unspecified atom stereocenters. The number of rotatable bonds is 3. The molecule has 0 bridgehead atoms. The summed E-state index contributed by atoms with van der Waals surface area (Å²) in [6, 6.07) is 18.3. The topological polar surface area (TPSA) is 27.7 Å². The molecule has 0 aromatic heterocycles. The van der Waals surface area contributed by atoms with Gasteiger partial charge in [-0.2, -0.15) is 0 Å². The zero-order chi connectivity index (χ0) is 14.9. The summed E-state index contributed by atoms with van der Waals surface area (Å²) in [4.78, 5) is 0. The van der Waals surface area contributed by atoms with Crippen LogP contribution < -0.4 is 4.74 Å². The molecule has 3 rings (SSSR count). The molecular weight excluding hydrogens is 457 g/mol. The van der Waals surface area contributed by atoms with Gasteiger partial charge in [-0.15, -0.1) is 0 Å². The Bertz CT molecular complexity index is 610. The van der Waals surface area contributed by atoms with E-state index in [4.69, 9.17) is 14.2 Å². The molecule has 0 spiro atoms. The molecule has 4 heteroatoms. The van der Waals surface area contributed by atoms with E-state index in [1.54, 1.807) is 14.2 Å². The third kappa shape index (κ3) is 2.41. The van der Waals surface area contributed by atoms with Crippen LogP contribution in [0, 0.1) is 0 Å². The first-order valence-corrected chi connectivity index (χ1v) is 9.49. The van der Waals surface area contributed by atoms with Crippen molar-refractivity contribution in [1.29, 1.82) is 0 Å². The van der Waals surface area contributed by atoms with Crippen LogP contribution in [-0.4, -0.2) is 40.0 Å². The Morgan fingerprint density at radius 3 is 2.24 bits per heavy atom. The van der Waals surface area contributed by atoms with Gasteiger partial charge in [0, 0.05) is 0 Å². The molecule has 1 aliphatic heterocycles. The standard InChI is InChI=1S/C17H17O3.Tl/c1-18-17(19-2)12-16(13-8-4-3-5-9-13)20-15-11-7-6-10-14(15)17;/h3-12,16H,1-2H3;. The van der Waals surface area contributed by atoms with E-state index in [0.717, 1.165) is 16.9 Å². The zero-order valence-electron chi connectivity index (χ0n) is 12.2. The Morgan fingerprint density at radius 2 is 1.57 bits per heavy atom. The van der Waals surface area contributed by atoms with Crippen molar-refractivity contribution < 1.29 is 14.2 Å². The van der Waals surface area contributed by atoms with Crippen LogP contribution in [0.15, 0.2) is 54.6 Å². The molecule has 0 saturated heterocycles. The summed E-state index contributed by atoms with van der Waals surface area (Å²) in [6.07, 6.45) is -0.0361. The Labute approximate surface area is 140 Å². The number of benzene rings is 2. The number of para-hydroxylation sites is 1. The fraction of sp³-hybridized carbons (Fsp3) is 0.294. The molecule has 2 aromatic rings. The third-order valence-corrected chi connectivity index (χ3v) is 7.08. The quantitative estimate of drug-likeness (QED) is 0.506. The minimum atomic E-state index is -0.722. The zero-order valence-corrected chi connectivity index (χ0v) is 16.6. The van der Waals surface area contributed by atoms with Crippen molar-refractivity contribution in [3.63, 3.8) is 0 Å². The number of ether oxygens (including phenoxy) is 3. The van der Waals surface area contributed by atoms with Gasteiger partial charge in [0.2, 0.25) is 0 Å². The SMILES string of the molecule is COC1(OC)c2ccccc2OC(c2ccccc2)[CH]1[Tl]. The predicted octanol–water partition coefficient (Wildman–Crippen LogP) is 3.22. The second-order valence-corrected chi connectivity index (χ2v) is 7.84. The van der Waals surface area contributed by atoms with Crippen LogP contribution in [0.2, 0.25) is 3.48 Å². The Hall–Kier alpha value is -0.918. The minimum absolute atomic E-state index is 0.0361. The molecule has 1 aliphatic rings. The molecule has 3 nitrogen and oxygen atoms in total.